The minimum Gasteiger partial charge on any atom is -0.323 e. The first kappa shape index (κ1) is 11.6. The fourth-order valence-corrected chi connectivity index (χ4v) is 3.80. The van der Waals surface area contributed by atoms with Gasteiger partial charge in [-0.3, -0.25) is 0 Å². The van der Waals surface area contributed by atoms with Crippen molar-refractivity contribution in [1.82, 2.24) is 5.32 Å². The predicted octanol–water partition coefficient (Wildman–Crippen LogP) is 2.48. The van der Waals surface area contributed by atoms with Gasteiger partial charge in [0.05, 0.1) is 6.04 Å². The van der Waals surface area contributed by atoms with Gasteiger partial charge < -0.3 is 11.1 Å². The van der Waals surface area contributed by atoms with Gasteiger partial charge in [0.25, 0.3) is 0 Å². The maximum atomic E-state index is 6.34. The van der Waals surface area contributed by atoms with Gasteiger partial charge in [-0.1, -0.05) is 12.1 Å². The highest BCUT2D eigenvalue weighted by Crippen LogP contribution is 2.44. The van der Waals surface area contributed by atoms with Gasteiger partial charge in [-0.2, -0.15) is 0 Å². The van der Waals surface area contributed by atoms with E-state index in [-0.39, 0.29) is 5.54 Å². The number of benzene rings is 1. The van der Waals surface area contributed by atoms with Crippen LogP contribution in [0.3, 0.4) is 0 Å². The first-order chi connectivity index (χ1) is 8.23. The normalized spacial score (nSPS) is 22.9. The summed E-state index contributed by atoms with van der Waals surface area (Å²) >= 11 is 1.99. The van der Waals surface area contributed by atoms with Gasteiger partial charge in [0.1, 0.15) is 0 Å². The molecule has 0 bridgehead atoms. The summed E-state index contributed by atoms with van der Waals surface area (Å²) in [7, 11) is 2.02. The molecule has 1 unspecified atom stereocenters. The average Bonchev–Trinajstić information content (AvgIpc) is 3.09. The van der Waals surface area contributed by atoms with Crippen LogP contribution in [0.15, 0.2) is 23.1 Å². The highest BCUT2D eigenvalue weighted by atomic mass is 32.2. The number of rotatable bonds is 3. The molecule has 1 atom stereocenters. The Bertz CT molecular complexity index is 426. The number of aryl methyl sites for hydroxylation is 1. The average molecular weight is 248 g/mol. The van der Waals surface area contributed by atoms with Crippen LogP contribution in [-0.4, -0.2) is 18.3 Å². The molecule has 1 fully saturated rings. The van der Waals surface area contributed by atoms with Crippen molar-refractivity contribution in [2.75, 3.05) is 12.8 Å². The summed E-state index contributed by atoms with van der Waals surface area (Å²) < 4.78 is 0. The lowest BCUT2D eigenvalue weighted by Gasteiger charge is -2.25. The van der Waals surface area contributed by atoms with Crippen LogP contribution < -0.4 is 11.1 Å². The lowest BCUT2D eigenvalue weighted by atomic mass is 9.95. The SMILES string of the molecule is CNC(c1ccc2c(c1)CCCS2)C1(N)CC1. The molecular weight excluding hydrogens is 228 g/mol. The molecule has 2 aliphatic rings. The van der Waals surface area contributed by atoms with Crippen LogP contribution in [0.4, 0.5) is 0 Å². The summed E-state index contributed by atoms with van der Waals surface area (Å²) in [5, 5.41) is 3.40. The van der Waals surface area contributed by atoms with Crippen LogP contribution in [0.1, 0.15) is 36.4 Å². The monoisotopic (exact) mass is 248 g/mol. The molecule has 2 nitrogen and oxygen atoms in total. The molecule has 1 saturated carbocycles. The molecule has 0 radical (unpaired) electrons. The molecule has 1 heterocycles. The van der Waals surface area contributed by atoms with Crippen molar-refractivity contribution in [2.24, 2.45) is 5.73 Å². The maximum Gasteiger partial charge on any atom is 0.0500 e. The van der Waals surface area contributed by atoms with E-state index in [0.29, 0.717) is 6.04 Å². The third-order valence-corrected chi connectivity index (χ3v) is 5.16. The van der Waals surface area contributed by atoms with Crippen LogP contribution in [-0.2, 0) is 6.42 Å². The van der Waals surface area contributed by atoms with E-state index in [1.807, 2.05) is 18.8 Å². The van der Waals surface area contributed by atoms with E-state index in [1.54, 1.807) is 0 Å². The van der Waals surface area contributed by atoms with Gasteiger partial charge >= 0.3 is 0 Å². The van der Waals surface area contributed by atoms with Crippen molar-refractivity contribution in [3.05, 3.63) is 29.3 Å². The third-order valence-electron chi connectivity index (χ3n) is 3.96. The highest BCUT2D eigenvalue weighted by molar-refractivity contribution is 7.99. The number of thioether (sulfide) groups is 1. The Morgan fingerprint density at radius 3 is 2.94 bits per heavy atom. The Labute approximate surface area is 107 Å². The van der Waals surface area contributed by atoms with Crippen molar-refractivity contribution >= 4 is 11.8 Å². The summed E-state index contributed by atoms with van der Waals surface area (Å²) in [6.45, 7) is 0. The molecule has 0 spiro atoms. The minimum atomic E-state index is 0.00476. The van der Waals surface area contributed by atoms with Gasteiger partial charge in [0.15, 0.2) is 0 Å². The molecular formula is C14H20N2S. The van der Waals surface area contributed by atoms with E-state index >= 15 is 0 Å². The fourth-order valence-electron chi connectivity index (χ4n) is 2.78. The summed E-state index contributed by atoms with van der Waals surface area (Å²) in [6, 6.07) is 7.23. The van der Waals surface area contributed by atoms with Crippen LogP contribution in [0.2, 0.25) is 0 Å². The molecule has 0 amide bonds. The first-order valence-corrected chi connectivity index (χ1v) is 7.43. The molecule has 1 aromatic rings. The fraction of sp³-hybridized carbons (Fsp3) is 0.571. The van der Waals surface area contributed by atoms with Crippen LogP contribution in [0, 0.1) is 0 Å². The molecule has 1 aliphatic carbocycles. The Hall–Kier alpha value is -0.510. The van der Waals surface area contributed by atoms with E-state index in [0.717, 1.165) is 12.8 Å². The summed E-state index contributed by atoms with van der Waals surface area (Å²) in [4.78, 5) is 1.47. The van der Waals surface area contributed by atoms with Crippen molar-refractivity contribution in [3.63, 3.8) is 0 Å². The zero-order valence-electron chi connectivity index (χ0n) is 10.3. The van der Waals surface area contributed by atoms with Gasteiger partial charge in [-0.15, -0.1) is 11.8 Å². The lowest BCUT2D eigenvalue weighted by Crippen LogP contribution is -2.38. The molecule has 1 aromatic carbocycles. The second-order valence-corrected chi connectivity index (χ2v) is 6.41. The molecule has 1 aliphatic heterocycles. The molecule has 3 rings (SSSR count). The van der Waals surface area contributed by atoms with E-state index in [1.165, 1.54) is 34.6 Å². The second kappa shape index (κ2) is 4.30. The van der Waals surface area contributed by atoms with Gasteiger partial charge in [0, 0.05) is 10.4 Å². The van der Waals surface area contributed by atoms with E-state index in [2.05, 4.69) is 23.5 Å². The van der Waals surface area contributed by atoms with Gasteiger partial charge in [0.2, 0.25) is 0 Å². The number of hydrogen-bond acceptors (Lipinski definition) is 3. The zero-order valence-corrected chi connectivity index (χ0v) is 11.1. The standard InChI is InChI=1S/C14H20N2S/c1-16-13(14(15)6-7-14)11-4-5-12-10(9-11)3-2-8-17-12/h4-5,9,13,16H,2-3,6-8,15H2,1H3. The van der Waals surface area contributed by atoms with Crippen molar-refractivity contribution < 1.29 is 0 Å². The number of nitrogens with one attached hydrogen (secondary N) is 1. The molecule has 92 valence electrons. The third kappa shape index (κ3) is 2.12. The topological polar surface area (TPSA) is 38.0 Å². The number of likely N-dealkylation sites (N-methyl/N-ethyl adjacent to an activating group) is 1. The van der Waals surface area contributed by atoms with Crippen LogP contribution in [0.25, 0.3) is 0 Å². The van der Waals surface area contributed by atoms with Crippen molar-refractivity contribution in [3.8, 4) is 0 Å². The van der Waals surface area contributed by atoms with E-state index < -0.39 is 0 Å². The first-order valence-electron chi connectivity index (χ1n) is 6.45. The summed E-state index contributed by atoms with van der Waals surface area (Å²) in [5.74, 6) is 1.27. The Morgan fingerprint density at radius 1 is 1.41 bits per heavy atom. The zero-order chi connectivity index (χ0) is 11.9. The summed E-state index contributed by atoms with van der Waals surface area (Å²) in [6.07, 6.45) is 4.82. The number of nitrogens with two attached hydrogens (primary N) is 1. The largest absolute Gasteiger partial charge is 0.323 e. The molecule has 3 heteroatoms. The van der Waals surface area contributed by atoms with Crippen molar-refractivity contribution in [1.29, 1.82) is 0 Å². The van der Waals surface area contributed by atoms with Gasteiger partial charge in [-0.05, 0) is 55.7 Å². The molecule has 17 heavy (non-hydrogen) atoms. The Balaban J connectivity index is 1.92. The van der Waals surface area contributed by atoms with E-state index in [9.17, 15) is 0 Å². The predicted molar refractivity (Wildman–Crippen MR) is 73.4 cm³/mol. The van der Waals surface area contributed by atoms with Crippen LogP contribution in [0.5, 0.6) is 0 Å². The summed E-state index contributed by atoms with van der Waals surface area (Å²) in [5.41, 5.74) is 9.23. The maximum absolute atomic E-state index is 6.34. The Kier molecular flexibility index (Phi) is 2.93. The number of fused-ring (bicyclic) bond motifs is 1. The number of hydrogen-bond donors (Lipinski definition) is 2. The minimum absolute atomic E-state index is 0.00476. The molecule has 3 N–H and O–H groups in total. The highest BCUT2D eigenvalue weighted by Gasteiger charge is 2.45. The van der Waals surface area contributed by atoms with Crippen molar-refractivity contribution in [2.45, 2.75) is 42.2 Å². The van der Waals surface area contributed by atoms with Gasteiger partial charge in [-0.25, -0.2) is 0 Å². The van der Waals surface area contributed by atoms with Crippen LogP contribution >= 0.6 is 11.8 Å². The second-order valence-electron chi connectivity index (χ2n) is 5.27. The Morgan fingerprint density at radius 2 is 2.24 bits per heavy atom. The molecule has 0 saturated heterocycles. The smallest absolute Gasteiger partial charge is 0.0500 e. The lowest BCUT2D eigenvalue weighted by molar-refractivity contribution is 0.461. The quantitative estimate of drug-likeness (QED) is 0.863. The molecule has 0 aromatic heterocycles. The van der Waals surface area contributed by atoms with E-state index in [4.69, 9.17) is 5.73 Å².